The fraction of sp³-hybridized carbons (Fsp3) is 0.500. The number of morpholine rings is 1. The second kappa shape index (κ2) is 7.21. The average Bonchev–Trinajstić information content (AvgIpc) is 3.47. The molecule has 1 aromatic carbocycles. The van der Waals surface area contributed by atoms with Crippen LogP contribution in [-0.4, -0.2) is 45.4 Å². The molecule has 156 valence electrons. The van der Waals surface area contributed by atoms with E-state index in [-0.39, 0.29) is 11.6 Å². The van der Waals surface area contributed by atoms with Crippen LogP contribution in [0.1, 0.15) is 40.8 Å². The van der Waals surface area contributed by atoms with Crippen molar-refractivity contribution in [1.29, 1.82) is 0 Å². The Kier molecular flexibility index (Phi) is 4.35. The number of hydrogen-bond donors (Lipinski definition) is 3. The number of fused-ring (bicyclic) bond motifs is 3. The van der Waals surface area contributed by atoms with Crippen LogP contribution in [0.15, 0.2) is 16.9 Å². The average molecular weight is 406 g/mol. The largest absolute Gasteiger partial charge is 0.379 e. The summed E-state index contributed by atoms with van der Waals surface area (Å²) < 4.78 is 6.93. The first-order valence-corrected chi connectivity index (χ1v) is 11.0. The molecular formula is C22H26N6O2. The zero-order valence-electron chi connectivity index (χ0n) is 17.0. The minimum Gasteiger partial charge on any atom is -0.379 e. The number of benzene rings is 1. The molecule has 3 N–H and O–H groups in total. The lowest BCUT2D eigenvalue weighted by Gasteiger charge is -2.23. The number of H-pyrrole nitrogens is 1. The molecule has 2 aromatic heterocycles. The van der Waals surface area contributed by atoms with Gasteiger partial charge in [-0.25, -0.2) is 4.98 Å². The first kappa shape index (κ1) is 18.1. The highest BCUT2D eigenvalue weighted by Crippen LogP contribution is 2.39. The Hall–Kier alpha value is -2.71. The molecule has 3 heterocycles. The molecule has 1 saturated heterocycles. The van der Waals surface area contributed by atoms with E-state index in [1.807, 2.05) is 0 Å². The smallest absolute Gasteiger partial charge is 0.274 e. The van der Waals surface area contributed by atoms with Crippen molar-refractivity contribution in [1.82, 2.24) is 24.9 Å². The maximum Gasteiger partial charge on any atom is 0.274 e. The van der Waals surface area contributed by atoms with Crippen LogP contribution in [-0.2, 0) is 36.8 Å². The molecular weight excluding hydrogens is 380 g/mol. The zero-order chi connectivity index (χ0) is 20.1. The molecule has 0 spiro atoms. The highest BCUT2D eigenvalue weighted by Gasteiger charge is 2.25. The van der Waals surface area contributed by atoms with Crippen molar-refractivity contribution in [3.8, 4) is 0 Å². The highest BCUT2D eigenvalue weighted by atomic mass is 16.5. The van der Waals surface area contributed by atoms with Gasteiger partial charge in [0.15, 0.2) is 0 Å². The van der Waals surface area contributed by atoms with Crippen molar-refractivity contribution in [2.24, 2.45) is 0 Å². The summed E-state index contributed by atoms with van der Waals surface area (Å²) in [5.74, 6) is 0.978. The zero-order valence-corrected chi connectivity index (χ0v) is 17.0. The topological polar surface area (TPSA) is 96.3 Å². The van der Waals surface area contributed by atoms with Gasteiger partial charge in [0.25, 0.3) is 11.3 Å². The van der Waals surface area contributed by atoms with Gasteiger partial charge in [-0.3, -0.25) is 9.89 Å². The first-order chi connectivity index (χ1) is 14.7. The lowest BCUT2D eigenvalue weighted by molar-refractivity contribution is 0.0767. The Balaban J connectivity index is 1.33. The molecule has 0 saturated carbocycles. The molecule has 2 aliphatic carbocycles. The van der Waals surface area contributed by atoms with Gasteiger partial charge < -0.3 is 15.4 Å². The number of nitrogens with zero attached hydrogens (tertiary/aromatic N) is 3. The Morgan fingerprint density at radius 1 is 1.10 bits per heavy atom. The predicted molar refractivity (Wildman–Crippen MR) is 114 cm³/mol. The molecule has 1 unspecified atom stereocenters. The molecule has 1 aliphatic heterocycles. The standard InChI is InChI=1S/C22H26N6O2/c29-19-11-15(10-16-12-30-8-7-23-16)24-22-26-21(27-28(19)22)25-20-17-5-1-3-13(17)9-14-4-2-6-18(14)20/h9,11,16,23H,1-8,10,12H2,(H2,24,25,26,27). The van der Waals surface area contributed by atoms with E-state index in [1.54, 1.807) is 6.07 Å². The van der Waals surface area contributed by atoms with Gasteiger partial charge in [-0.05, 0) is 60.8 Å². The van der Waals surface area contributed by atoms with E-state index in [2.05, 4.69) is 31.8 Å². The van der Waals surface area contributed by atoms with E-state index in [1.165, 1.54) is 45.3 Å². The summed E-state index contributed by atoms with van der Waals surface area (Å²) >= 11 is 0. The van der Waals surface area contributed by atoms with E-state index in [0.29, 0.717) is 24.8 Å². The number of aryl methyl sites for hydroxylation is 2. The molecule has 1 fully saturated rings. The maximum absolute atomic E-state index is 12.7. The normalized spacial score (nSPS) is 20.5. The van der Waals surface area contributed by atoms with Gasteiger partial charge in [-0.1, -0.05) is 6.07 Å². The number of rotatable bonds is 4. The second-order valence-corrected chi connectivity index (χ2v) is 8.58. The van der Waals surface area contributed by atoms with Crippen LogP contribution in [0.3, 0.4) is 0 Å². The van der Waals surface area contributed by atoms with Crippen molar-refractivity contribution in [2.45, 2.75) is 51.0 Å². The second-order valence-electron chi connectivity index (χ2n) is 8.58. The maximum atomic E-state index is 12.7. The number of ether oxygens (including phenoxy) is 1. The van der Waals surface area contributed by atoms with Crippen molar-refractivity contribution < 1.29 is 4.74 Å². The summed E-state index contributed by atoms with van der Waals surface area (Å²) in [6.07, 6.45) is 7.57. The van der Waals surface area contributed by atoms with E-state index in [4.69, 9.17) is 4.74 Å². The molecule has 8 heteroatoms. The van der Waals surface area contributed by atoms with Crippen molar-refractivity contribution in [3.63, 3.8) is 0 Å². The molecule has 3 aromatic rings. The summed E-state index contributed by atoms with van der Waals surface area (Å²) in [6, 6.07) is 4.18. The van der Waals surface area contributed by atoms with Crippen LogP contribution in [0.25, 0.3) is 5.78 Å². The Labute approximate surface area is 174 Å². The van der Waals surface area contributed by atoms with E-state index < -0.39 is 0 Å². The molecule has 1 atom stereocenters. The summed E-state index contributed by atoms with van der Waals surface area (Å²) in [5, 5.41) is 10.0. The van der Waals surface area contributed by atoms with Gasteiger partial charge in [-0.2, -0.15) is 9.50 Å². The van der Waals surface area contributed by atoms with Gasteiger partial charge in [0.1, 0.15) is 0 Å². The fourth-order valence-corrected chi connectivity index (χ4v) is 5.18. The minimum atomic E-state index is -0.143. The lowest BCUT2D eigenvalue weighted by atomic mass is 9.99. The van der Waals surface area contributed by atoms with Gasteiger partial charge >= 0.3 is 0 Å². The molecule has 8 nitrogen and oxygen atoms in total. The molecule has 0 amide bonds. The number of aromatic amines is 1. The minimum absolute atomic E-state index is 0.143. The number of hydrogen-bond acceptors (Lipinski definition) is 6. The van der Waals surface area contributed by atoms with E-state index in [0.717, 1.165) is 44.5 Å². The quantitative estimate of drug-likeness (QED) is 0.610. The summed E-state index contributed by atoms with van der Waals surface area (Å²) in [5.41, 5.74) is 7.57. The van der Waals surface area contributed by atoms with Crippen LogP contribution < -0.4 is 16.2 Å². The first-order valence-electron chi connectivity index (χ1n) is 11.0. The SMILES string of the molecule is O=c1cc(CC2COCCN2)nc2nc(Nc3c4c(cc5c3CCC5)CCC4)[nH]n12. The number of nitrogens with one attached hydrogen (secondary N) is 3. The molecule has 30 heavy (non-hydrogen) atoms. The van der Waals surface area contributed by atoms with Gasteiger partial charge in [0, 0.05) is 30.8 Å². The van der Waals surface area contributed by atoms with Crippen molar-refractivity contribution >= 4 is 17.4 Å². The Bertz CT molecular complexity index is 1140. The molecule has 6 rings (SSSR count). The third-order valence-corrected chi connectivity index (χ3v) is 6.55. The number of anilines is 2. The van der Waals surface area contributed by atoms with Crippen LogP contribution in [0.2, 0.25) is 0 Å². The van der Waals surface area contributed by atoms with E-state index in [9.17, 15) is 4.79 Å². The van der Waals surface area contributed by atoms with Gasteiger partial charge in [0.2, 0.25) is 5.95 Å². The number of aromatic nitrogens is 4. The third kappa shape index (κ3) is 3.11. The Morgan fingerprint density at radius 3 is 2.63 bits per heavy atom. The summed E-state index contributed by atoms with van der Waals surface area (Å²) in [7, 11) is 0. The van der Waals surface area contributed by atoms with Crippen LogP contribution in [0, 0.1) is 0 Å². The van der Waals surface area contributed by atoms with Crippen molar-refractivity contribution in [3.05, 3.63) is 50.4 Å². The summed E-state index contributed by atoms with van der Waals surface area (Å²) in [4.78, 5) is 21.9. The highest BCUT2D eigenvalue weighted by molar-refractivity contribution is 5.70. The molecule has 3 aliphatic rings. The predicted octanol–water partition coefficient (Wildman–Crippen LogP) is 1.67. The lowest BCUT2D eigenvalue weighted by Crippen LogP contribution is -2.42. The summed E-state index contributed by atoms with van der Waals surface area (Å²) in [6.45, 7) is 2.19. The monoisotopic (exact) mass is 406 g/mol. The fourth-order valence-electron chi connectivity index (χ4n) is 5.18. The molecule has 0 radical (unpaired) electrons. The van der Waals surface area contributed by atoms with Crippen LogP contribution >= 0.6 is 0 Å². The Morgan fingerprint density at radius 2 is 1.90 bits per heavy atom. The molecule has 0 bridgehead atoms. The van der Waals surface area contributed by atoms with Crippen LogP contribution in [0.5, 0.6) is 0 Å². The van der Waals surface area contributed by atoms with Gasteiger partial charge in [-0.15, -0.1) is 0 Å². The van der Waals surface area contributed by atoms with Crippen LogP contribution in [0.4, 0.5) is 11.6 Å². The van der Waals surface area contributed by atoms with Gasteiger partial charge in [0.05, 0.1) is 18.9 Å². The van der Waals surface area contributed by atoms with Crippen molar-refractivity contribution in [2.75, 3.05) is 25.1 Å². The third-order valence-electron chi connectivity index (χ3n) is 6.55. The van der Waals surface area contributed by atoms with E-state index >= 15 is 0 Å².